The lowest BCUT2D eigenvalue weighted by molar-refractivity contribution is 0.0333. The molecule has 92 valence electrons. The van der Waals surface area contributed by atoms with Crippen LogP contribution in [0.2, 0.25) is 0 Å². The maximum atomic E-state index is 10.6. The molecule has 0 aromatic rings. The van der Waals surface area contributed by atoms with Gasteiger partial charge in [0.2, 0.25) is 0 Å². The lowest BCUT2D eigenvalue weighted by Gasteiger charge is -2.48. The first kappa shape index (κ1) is 11.7. The zero-order valence-corrected chi connectivity index (χ0v) is 9.69. The maximum Gasteiger partial charge on any atom is 0.312 e. The van der Waals surface area contributed by atoms with E-state index in [1.54, 1.807) is 0 Å². The molecule has 0 spiro atoms. The number of fused-ring (bicyclic) bond motifs is 2. The summed E-state index contributed by atoms with van der Waals surface area (Å²) in [5.74, 6) is 0. The van der Waals surface area contributed by atoms with E-state index in [1.165, 1.54) is 19.3 Å². The number of nitrogens with one attached hydrogen (secondary N) is 1. The van der Waals surface area contributed by atoms with Crippen LogP contribution in [0.3, 0.4) is 0 Å². The third-order valence-corrected chi connectivity index (χ3v) is 3.83. The summed E-state index contributed by atoms with van der Waals surface area (Å²) in [6, 6.07) is 1.18. The molecular formula is C11H22N4O. The van der Waals surface area contributed by atoms with Gasteiger partial charge in [-0.15, -0.1) is 0 Å². The number of hydrogen-bond acceptors (Lipinski definition) is 3. The Kier molecular flexibility index (Phi) is 3.66. The van der Waals surface area contributed by atoms with E-state index < -0.39 is 6.03 Å². The second-order valence-corrected chi connectivity index (χ2v) is 5.00. The molecule has 5 nitrogen and oxygen atoms in total. The van der Waals surface area contributed by atoms with Gasteiger partial charge in [0.05, 0.1) is 0 Å². The minimum atomic E-state index is -0.432. The summed E-state index contributed by atoms with van der Waals surface area (Å²) in [5.41, 5.74) is 11.1. The molecule has 5 heteroatoms. The van der Waals surface area contributed by atoms with Crippen LogP contribution in [0.4, 0.5) is 4.79 Å². The molecule has 2 aliphatic heterocycles. The van der Waals surface area contributed by atoms with Gasteiger partial charge >= 0.3 is 6.03 Å². The summed E-state index contributed by atoms with van der Waals surface area (Å²) in [6.07, 6.45) is 6.03. The molecule has 5 N–H and O–H groups in total. The average molecular weight is 226 g/mol. The standard InChI is InChI=1S/C11H22N4O/c12-8-6-9-2-1-3-10(7-8)15(9)5-4-14-11(13)16/h8-10H,1-7,12H2,(H3,13,14,16). The quantitative estimate of drug-likeness (QED) is 0.633. The van der Waals surface area contributed by atoms with Gasteiger partial charge < -0.3 is 16.8 Å². The first-order chi connectivity index (χ1) is 7.66. The van der Waals surface area contributed by atoms with E-state index in [1.807, 2.05) is 0 Å². The fourth-order valence-electron chi connectivity index (χ4n) is 3.19. The summed E-state index contributed by atoms with van der Waals surface area (Å²) in [4.78, 5) is 13.1. The first-order valence-corrected chi connectivity index (χ1v) is 6.21. The summed E-state index contributed by atoms with van der Waals surface area (Å²) in [7, 11) is 0. The molecule has 0 radical (unpaired) electrons. The second-order valence-electron chi connectivity index (χ2n) is 5.00. The SMILES string of the molecule is NC(=O)NCCN1C2CCCC1CC(N)C2. The van der Waals surface area contributed by atoms with Crippen molar-refractivity contribution in [1.29, 1.82) is 0 Å². The Morgan fingerprint density at radius 2 is 1.94 bits per heavy atom. The third-order valence-electron chi connectivity index (χ3n) is 3.83. The molecule has 2 fully saturated rings. The molecule has 2 aliphatic rings. The largest absolute Gasteiger partial charge is 0.352 e. The number of rotatable bonds is 3. The summed E-state index contributed by atoms with van der Waals surface area (Å²) in [6.45, 7) is 1.56. The van der Waals surface area contributed by atoms with Crippen LogP contribution in [0.25, 0.3) is 0 Å². The number of carbonyl (C=O) groups is 1. The Balaban J connectivity index is 1.85. The van der Waals surface area contributed by atoms with Crippen molar-refractivity contribution in [2.45, 2.75) is 50.2 Å². The zero-order valence-electron chi connectivity index (χ0n) is 9.69. The van der Waals surface area contributed by atoms with E-state index in [-0.39, 0.29) is 0 Å². The van der Waals surface area contributed by atoms with Crippen molar-refractivity contribution in [2.75, 3.05) is 13.1 Å². The minimum absolute atomic E-state index is 0.371. The number of primary amides is 1. The molecule has 2 saturated heterocycles. The van der Waals surface area contributed by atoms with Crippen molar-refractivity contribution in [3.05, 3.63) is 0 Å². The van der Waals surface area contributed by atoms with Crippen molar-refractivity contribution >= 4 is 6.03 Å². The normalized spacial score (nSPS) is 34.7. The van der Waals surface area contributed by atoms with Gasteiger partial charge in [-0.2, -0.15) is 0 Å². The van der Waals surface area contributed by atoms with Crippen LogP contribution in [-0.2, 0) is 0 Å². The highest BCUT2D eigenvalue weighted by Crippen LogP contribution is 2.32. The van der Waals surface area contributed by atoms with Gasteiger partial charge in [-0.05, 0) is 25.7 Å². The predicted molar refractivity (Wildman–Crippen MR) is 62.9 cm³/mol. The molecule has 16 heavy (non-hydrogen) atoms. The predicted octanol–water partition coefficient (Wildman–Crippen LogP) is -0.00110. The summed E-state index contributed by atoms with van der Waals surface area (Å²) >= 11 is 0. The van der Waals surface area contributed by atoms with Crippen LogP contribution in [0, 0.1) is 0 Å². The monoisotopic (exact) mass is 226 g/mol. The van der Waals surface area contributed by atoms with Crippen LogP contribution in [0.1, 0.15) is 32.1 Å². The Bertz CT molecular complexity index is 244. The number of nitrogens with two attached hydrogens (primary N) is 2. The zero-order chi connectivity index (χ0) is 11.5. The first-order valence-electron chi connectivity index (χ1n) is 6.21. The smallest absolute Gasteiger partial charge is 0.312 e. The number of hydrogen-bond donors (Lipinski definition) is 3. The molecule has 2 rings (SSSR count). The van der Waals surface area contributed by atoms with E-state index in [0.717, 1.165) is 19.4 Å². The molecule has 2 atom stereocenters. The van der Waals surface area contributed by atoms with E-state index in [4.69, 9.17) is 11.5 Å². The Morgan fingerprint density at radius 3 is 2.50 bits per heavy atom. The van der Waals surface area contributed by atoms with Gasteiger partial charge in [-0.3, -0.25) is 4.90 Å². The van der Waals surface area contributed by atoms with Gasteiger partial charge in [0.15, 0.2) is 0 Å². The minimum Gasteiger partial charge on any atom is -0.352 e. The van der Waals surface area contributed by atoms with Crippen LogP contribution >= 0.6 is 0 Å². The molecular weight excluding hydrogens is 204 g/mol. The second kappa shape index (κ2) is 5.01. The molecule has 0 aromatic heterocycles. The molecule has 0 aliphatic carbocycles. The lowest BCUT2D eigenvalue weighted by atomic mass is 9.82. The van der Waals surface area contributed by atoms with Crippen molar-refractivity contribution in [3.63, 3.8) is 0 Å². The number of nitrogens with zero attached hydrogens (tertiary/aromatic N) is 1. The van der Waals surface area contributed by atoms with Gasteiger partial charge in [0, 0.05) is 31.2 Å². The van der Waals surface area contributed by atoms with Crippen LogP contribution < -0.4 is 16.8 Å². The van der Waals surface area contributed by atoms with Crippen LogP contribution in [0.15, 0.2) is 0 Å². The van der Waals surface area contributed by atoms with Crippen molar-refractivity contribution in [2.24, 2.45) is 11.5 Å². The number of carbonyl (C=O) groups excluding carboxylic acids is 1. The molecule has 0 aromatic carbocycles. The molecule has 2 amide bonds. The van der Waals surface area contributed by atoms with E-state index in [2.05, 4.69) is 10.2 Å². The highest BCUT2D eigenvalue weighted by Gasteiger charge is 2.36. The van der Waals surface area contributed by atoms with Crippen molar-refractivity contribution in [1.82, 2.24) is 10.2 Å². The van der Waals surface area contributed by atoms with Gasteiger partial charge in [0.1, 0.15) is 0 Å². The Morgan fingerprint density at radius 1 is 1.31 bits per heavy atom. The summed E-state index contributed by atoms with van der Waals surface area (Å²) < 4.78 is 0. The topological polar surface area (TPSA) is 84.4 Å². The van der Waals surface area contributed by atoms with E-state index >= 15 is 0 Å². The van der Waals surface area contributed by atoms with Crippen LogP contribution in [0.5, 0.6) is 0 Å². The van der Waals surface area contributed by atoms with Crippen molar-refractivity contribution in [3.8, 4) is 0 Å². The van der Waals surface area contributed by atoms with E-state index in [0.29, 0.717) is 24.7 Å². The summed E-state index contributed by atoms with van der Waals surface area (Å²) in [5, 5.41) is 2.66. The highest BCUT2D eigenvalue weighted by atomic mass is 16.2. The molecule has 0 saturated carbocycles. The van der Waals surface area contributed by atoms with Gasteiger partial charge in [0.25, 0.3) is 0 Å². The van der Waals surface area contributed by atoms with Gasteiger partial charge in [-0.1, -0.05) is 6.42 Å². The molecule has 2 bridgehead atoms. The fraction of sp³-hybridized carbons (Fsp3) is 0.909. The van der Waals surface area contributed by atoms with Crippen molar-refractivity contribution < 1.29 is 4.79 Å². The molecule has 2 unspecified atom stereocenters. The van der Waals surface area contributed by atoms with E-state index in [9.17, 15) is 4.79 Å². The lowest BCUT2D eigenvalue weighted by Crippen LogP contribution is -2.56. The Hall–Kier alpha value is -0.810. The number of urea groups is 1. The third kappa shape index (κ3) is 2.65. The number of amides is 2. The Labute approximate surface area is 96.5 Å². The fourth-order valence-corrected chi connectivity index (χ4v) is 3.19. The maximum absolute atomic E-state index is 10.6. The average Bonchev–Trinajstić information content (AvgIpc) is 2.18. The van der Waals surface area contributed by atoms with Gasteiger partial charge in [-0.25, -0.2) is 4.79 Å². The highest BCUT2D eigenvalue weighted by molar-refractivity contribution is 5.71. The molecule has 2 heterocycles. The number of piperidine rings is 2. The van der Waals surface area contributed by atoms with Crippen LogP contribution in [-0.4, -0.2) is 42.1 Å².